The van der Waals surface area contributed by atoms with Crippen LogP contribution in [0.25, 0.3) is 0 Å². The molecule has 2 amide bonds. The summed E-state index contributed by atoms with van der Waals surface area (Å²) in [5, 5.41) is 5.37. The van der Waals surface area contributed by atoms with Crippen molar-refractivity contribution in [3.8, 4) is 17.2 Å². The number of benzene rings is 2. The summed E-state index contributed by atoms with van der Waals surface area (Å²) >= 11 is 0. The second-order valence-corrected chi connectivity index (χ2v) is 5.11. The Kier molecular flexibility index (Phi) is 6.22. The average Bonchev–Trinajstić information content (AvgIpc) is 2.60. The second-order valence-electron chi connectivity index (χ2n) is 5.11. The Morgan fingerprint density at radius 1 is 0.960 bits per heavy atom. The molecule has 0 bridgehead atoms. The maximum absolute atomic E-state index is 12.1. The molecule has 0 saturated heterocycles. The van der Waals surface area contributed by atoms with E-state index in [4.69, 9.17) is 14.2 Å². The Hall–Kier alpha value is -3.22. The Morgan fingerprint density at radius 2 is 1.76 bits per heavy atom. The maximum Gasteiger partial charge on any atom is 0.262 e. The molecule has 2 N–H and O–H groups in total. The third-order valence-corrected chi connectivity index (χ3v) is 3.21. The van der Waals surface area contributed by atoms with Crippen molar-refractivity contribution in [2.45, 2.75) is 6.92 Å². The van der Waals surface area contributed by atoms with E-state index in [2.05, 4.69) is 10.6 Å². The highest BCUT2D eigenvalue weighted by molar-refractivity contribution is 5.93. The number of amides is 2. The number of nitrogens with one attached hydrogen (secondary N) is 2. The minimum Gasteiger partial charge on any atom is -0.497 e. The van der Waals surface area contributed by atoms with Crippen molar-refractivity contribution in [1.29, 1.82) is 0 Å². The van der Waals surface area contributed by atoms with Gasteiger partial charge in [-0.2, -0.15) is 0 Å². The Balaban J connectivity index is 1.96. The molecule has 0 radical (unpaired) electrons. The molecule has 0 atom stereocenters. The topological polar surface area (TPSA) is 85.9 Å². The maximum atomic E-state index is 12.1. The predicted octanol–water partition coefficient (Wildman–Crippen LogP) is 2.68. The van der Waals surface area contributed by atoms with Gasteiger partial charge in [0.05, 0.1) is 19.9 Å². The summed E-state index contributed by atoms with van der Waals surface area (Å²) in [6, 6.07) is 11.9. The fourth-order valence-corrected chi connectivity index (χ4v) is 2.10. The van der Waals surface area contributed by atoms with Crippen molar-refractivity contribution in [2.75, 3.05) is 31.5 Å². The van der Waals surface area contributed by atoms with Gasteiger partial charge in [0.2, 0.25) is 5.91 Å². The first-order chi connectivity index (χ1) is 12.0. The van der Waals surface area contributed by atoms with Crippen LogP contribution >= 0.6 is 0 Å². The largest absolute Gasteiger partial charge is 0.497 e. The van der Waals surface area contributed by atoms with Gasteiger partial charge in [0, 0.05) is 24.7 Å². The Bertz CT molecular complexity index is 761. The highest BCUT2D eigenvalue weighted by Crippen LogP contribution is 2.29. The van der Waals surface area contributed by atoms with Crippen LogP contribution in [0.2, 0.25) is 0 Å². The van der Waals surface area contributed by atoms with Crippen molar-refractivity contribution >= 4 is 23.2 Å². The van der Waals surface area contributed by atoms with Crippen molar-refractivity contribution in [3.63, 3.8) is 0 Å². The van der Waals surface area contributed by atoms with Crippen LogP contribution in [0.5, 0.6) is 17.2 Å². The van der Waals surface area contributed by atoms with Gasteiger partial charge < -0.3 is 24.8 Å². The van der Waals surface area contributed by atoms with Crippen LogP contribution in [0, 0.1) is 0 Å². The van der Waals surface area contributed by atoms with Crippen molar-refractivity contribution in [3.05, 3.63) is 42.5 Å². The molecule has 0 aromatic heterocycles. The molecule has 0 aliphatic heterocycles. The van der Waals surface area contributed by atoms with Crippen LogP contribution < -0.4 is 24.8 Å². The summed E-state index contributed by atoms with van der Waals surface area (Å²) in [5.41, 5.74) is 1.12. The zero-order chi connectivity index (χ0) is 18.2. The van der Waals surface area contributed by atoms with Gasteiger partial charge in [-0.3, -0.25) is 9.59 Å². The molecular weight excluding hydrogens is 324 g/mol. The van der Waals surface area contributed by atoms with Crippen LogP contribution in [-0.4, -0.2) is 32.6 Å². The number of ether oxygens (including phenoxy) is 3. The van der Waals surface area contributed by atoms with Crippen molar-refractivity contribution in [2.24, 2.45) is 0 Å². The molecule has 2 rings (SSSR count). The molecule has 25 heavy (non-hydrogen) atoms. The summed E-state index contributed by atoms with van der Waals surface area (Å²) in [6.07, 6.45) is 0. The van der Waals surface area contributed by atoms with Gasteiger partial charge in [-0.05, 0) is 24.3 Å². The van der Waals surface area contributed by atoms with Crippen LogP contribution in [-0.2, 0) is 9.59 Å². The third kappa shape index (κ3) is 5.42. The van der Waals surface area contributed by atoms with E-state index >= 15 is 0 Å². The second kappa shape index (κ2) is 8.58. The Labute approximate surface area is 145 Å². The van der Waals surface area contributed by atoms with Crippen LogP contribution in [0.3, 0.4) is 0 Å². The molecule has 132 valence electrons. The molecule has 7 heteroatoms. The van der Waals surface area contributed by atoms with E-state index in [0.717, 1.165) is 0 Å². The van der Waals surface area contributed by atoms with Crippen LogP contribution in [0.15, 0.2) is 42.5 Å². The smallest absolute Gasteiger partial charge is 0.262 e. The van der Waals surface area contributed by atoms with Crippen molar-refractivity contribution in [1.82, 2.24) is 0 Å². The van der Waals surface area contributed by atoms with E-state index < -0.39 is 0 Å². The number of rotatable bonds is 7. The molecule has 2 aromatic carbocycles. The first-order valence-corrected chi connectivity index (χ1v) is 7.54. The lowest BCUT2D eigenvalue weighted by Gasteiger charge is -2.12. The number of methoxy groups -OCH3 is 2. The standard InChI is InChI=1S/C18H20N2O5/c1-12(21)19-13-5-4-6-15(9-13)25-11-18(22)20-16-8-7-14(23-2)10-17(16)24-3/h4-10H,11H2,1-3H3,(H,19,21)(H,20,22). The molecule has 0 heterocycles. The van der Waals surface area contributed by atoms with Crippen LogP contribution in [0.1, 0.15) is 6.92 Å². The quantitative estimate of drug-likeness (QED) is 0.806. The van der Waals surface area contributed by atoms with Gasteiger partial charge in [0.25, 0.3) is 5.91 Å². The van der Waals surface area contributed by atoms with E-state index in [0.29, 0.717) is 28.6 Å². The molecule has 0 fully saturated rings. The SMILES string of the molecule is COc1ccc(NC(=O)COc2cccc(NC(C)=O)c2)c(OC)c1. The molecule has 0 aliphatic carbocycles. The highest BCUT2D eigenvalue weighted by Gasteiger charge is 2.10. The minimum atomic E-state index is -0.339. The van der Waals surface area contributed by atoms with Gasteiger partial charge in [-0.1, -0.05) is 6.07 Å². The van der Waals surface area contributed by atoms with E-state index in [1.54, 1.807) is 49.6 Å². The van der Waals surface area contributed by atoms with E-state index in [1.807, 2.05) is 0 Å². The summed E-state index contributed by atoms with van der Waals surface area (Å²) in [7, 11) is 3.06. The first-order valence-electron chi connectivity index (χ1n) is 7.54. The number of carbonyl (C=O) groups is 2. The predicted molar refractivity (Wildman–Crippen MR) is 94.4 cm³/mol. The number of carbonyl (C=O) groups excluding carboxylic acids is 2. The van der Waals surface area contributed by atoms with Gasteiger partial charge >= 0.3 is 0 Å². The molecule has 0 aliphatic rings. The fourth-order valence-electron chi connectivity index (χ4n) is 2.10. The normalized spacial score (nSPS) is 9.88. The minimum absolute atomic E-state index is 0.179. The lowest BCUT2D eigenvalue weighted by molar-refractivity contribution is -0.118. The molecular formula is C18H20N2O5. The Morgan fingerprint density at radius 3 is 2.44 bits per heavy atom. The summed E-state index contributed by atoms with van der Waals surface area (Å²) in [6.45, 7) is 1.24. The zero-order valence-electron chi connectivity index (χ0n) is 14.3. The number of anilines is 2. The lowest BCUT2D eigenvalue weighted by atomic mass is 10.2. The number of hydrogen-bond acceptors (Lipinski definition) is 5. The van der Waals surface area contributed by atoms with E-state index in [9.17, 15) is 9.59 Å². The molecule has 0 saturated carbocycles. The number of hydrogen-bond donors (Lipinski definition) is 2. The monoisotopic (exact) mass is 344 g/mol. The molecule has 0 unspecified atom stereocenters. The summed E-state index contributed by atoms with van der Waals surface area (Å²) < 4.78 is 15.8. The molecule has 7 nitrogen and oxygen atoms in total. The van der Waals surface area contributed by atoms with Gasteiger partial charge in [-0.15, -0.1) is 0 Å². The van der Waals surface area contributed by atoms with E-state index in [1.165, 1.54) is 14.0 Å². The van der Waals surface area contributed by atoms with Gasteiger partial charge in [0.1, 0.15) is 17.2 Å². The zero-order valence-corrected chi connectivity index (χ0v) is 14.3. The van der Waals surface area contributed by atoms with Gasteiger partial charge in [0.15, 0.2) is 6.61 Å². The van der Waals surface area contributed by atoms with Gasteiger partial charge in [-0.25, -0.2) is 0 Å². The lowest BCUT2D eigenvalue weighted by Crippen LogP contribution is -2.20. The fraction of sp³-hybridized carbons (Fsp3) is 0.222. The average molecular weight is 344 g/mol. The summed E-state index contributed by atoms with van der Waals surface area (Å²) in [5.74, 6) is 1.07. The molecule has 2 aromatic rings. The van der Waals surface area contributed by atoms with E-state index in [-0.39, 0.29) is 18.4 Å². The van der Waals surface area contributed by atoms with Crippen molar-refractivity contribution < 1.29 is 23.8 Å². The first kappa shape index (κ1) is 18.1. The molecule has 0 spiro atoms. The third-order valence-electron chi connectivity index (χ3n) is 3.21. The van der Waals surface area contributed by atoms with Crippen LogP contribution in [0.4, 0.5) is 11.4 Å². The summed E-state index contributed by atoms with van der Waals surface area (Å²) in [4.78, 5) is 23.1. The highest BCUT2D eigenvalue weighted by atomic mass is 16.5.